The highest BCUT2D eigenvalue weighted by Crippen LogP contribution is 2.61. The molecular weight excluding hydrogens is 632 g/mol. The van der Waals surface area contributed by atoms with Gasteiger partial charge in [0.15, 0.2) is 0 Å². The summed E-state index contributed by atoms with van der Waals surface area (Å²) in [5.74, 6) is 2.20. The number of nitrogens with zero attached hydrogens (tertiary/aromatic N) is 2. The van der Waals surface area contributed by atoms with Gasteiger partial charge in [-0.3, -0.25) is 14.9 Å². The molecule has 4 aliphatic rings. The Labute approximate surface area is 299 Å². The maximum atomic E-state index is 14.2. The zero-order chi connectivity index (χ0) is 36.5. The maximum absolute atomic E-state index is 14.2. The molecule has 3 aliphatic carbocycles. The van der Waals surface area contributed by atoms with Crippen molar-refractivity contribution in [2.24, 2.45) is 40.9 Å². The molecule has 10 atom stereocenters. The van der Waals surface area contributed by atoms with Gasteiger partial charge in [0.1, 0.15) is 24.1 Å². The number of nitrogens with one attached hydrogen (secondary N) is 2. The monoisotopic (exact) mass is 694 g/mol. The van der Waals surface area contributed by atoms with E-state index in [4.69, 9.17) is 9.57 Å². The highest BCUT2D eigenvalue weighted by atomic mass is 16.7. The number of benzene rings is 2. The molecule has 1 aliphatic heterocycles. The summed E-state index contributed by atoms with van der Waals surface area (Å²) in [6, 6.07) is 12.9. The molecule has 10 heteroatoms. The van der Waals surface area contributed by atoms with Crippen LogP contribution in [-0.2, 0) is 16.2 Å². The van der Waals surface area contributed by atoms with E-state index in [0.717, 1.165) is 35.2 Å². The van der Waals surface area contributed by atoms with Gasteiger partial charge in [-0.1, -0.05) is 71.0 Å². The first kappa shape index (κ1) is 38.7. The average molecular weight is 695 g/mol. The molecule has 1 amide bonds. The smallest absolute Gasteiger partial charge is 0.240 e. The number of para-hydroxylation sites is 1. The molecule has 2 unspecified atom stereocenters. The lowest BCUT2D eigenvalue weighted by molar-refractivity contribution is -0.183. The Kier molecular flexibility index (Phi) is 12.4. The quantitative estimate of drug-likeness (QED) is 0.172. The first-order valence-corrected chi connectivity index (χ1v) is 18.5. The number of methoxy groups -OCH3 is 1. The number of aliphatic hydroxyl groups is 3. The number of fused-ring (bicyclic) bond motifs is 2. The number of hydroxylamine groups is 2. The predicted molar refractivity (Wildman–Crippen MR) is 196 cm³/mol. The van der Waals surface area contributed by atoms with Crippen LogP contribution < -0.4 is 15.4 Å². The maximum Gasteiger partial charge on any atom is 0.240 e. The fourth-order valence-corrected chi connectivity index (χ4v) is 9.07. The number of hydrogen-bond acceptors (Lipinski definition) is 9. The number of carbonyl (C=O) groups is 1. The number of aliphatic hydroxyl groups excluding tert-OH is 3. The van der Waals surface area contributed by atoms with Gasteiger partial charge in [-0.2, -0.15) is 5.06 Å². The lowest BCUT2D eigenvalue weighted by Crippen LogP contribution is -2.62. The molecule has 50 heavy (non-hydrogen) atoms. The summed E-state index contributed by atoms with van der Waals surface area (Å²) in [5, 5.41) is 40.6. The fraction of sp³-hybridized carbons (Fsp3) is 0.675. The van der Waals surface area contributed by atoms with Crippen LogP contribution in [0.25, 0.3) is 11.1 Å². The van der Waals surface area contributed by atoms with Crippen LogP contribution in [-0.4, -0.2) is 96.4 Å². The Morgan fingerprint density at radius 1 is 1.12 bits per heavy atom. The molecule has 1 heterocycles. The van der Waals surface area contributed by atoms with Gasteiger partial charge >= 0.3 is 0 Å². The first-order chi connectivity index (χ1) is 23.7. The van der Waals surface area contributed by atoms with Gasteiger partial charge in [0.25, 0.3) is 0 Å². The van der Waals surface area contributed by atoms with Crippen molar-refractivity contribution >= 4 is 5.91 Å². The largest absolute Gasteiger partial charge is 0.496 e. The predicted octanol–water partition coefficient (Wildman–Crippen LogP) is 4.44. The summed E-state index contributed by atoms with van der Waals surface area (Å²) in [5.41, 5.74) is 3.58. The SMILES string of the molecule is COc1c(CN2O[C@@H](CO)[C@@H]([C@H](C)O)[C@H]2C(=O)N[C@H]2C[C@H]3C[C@@H]([C@@H]2C)C3(C)C)cccc1-c1cccc(C(O)NCC(CN(C)C)C(C)C)c1. The molecule has 278 valence electrons. The van der Waals surface area contributed by atoms with Crippen molar-refractivity contribution in [1.82, 2.24) is 20.6 Å². The van der Waals surface area contributed by atoms with Crippen LogP contribution in [0.4, 0.5) is 0 Å². The van der Waals surface area contributed by atoms with Crippen LogP contribution in [0, 0.1) is 40.9 Å². The minimum atomic E-state index is -0.876. The minimum Gasteiger partial charge on any atom is -0.496 e. The van der Waals surface area contributed by atoms with E-state index in [1.165, 1.54) is 6.42 Å². The summed E-state index contributed by atoms with van der Waals surface area (Å²) in [6.07, 6.45) is -0.276. The van der Waals surface area contributed by atoms with E-state index in [-0.39, 0.29) is 25.1 Å². The van der Waals surface area contributed by atoms with Gasteiger partial charge in [0.05, 0.1) is 26.4 Å². The number of carbonyl (C=O) groups excluding carboxylic acids is 1. The van der Waals surface area contributed by atoms with Crippen LogP contribution >= 0.6 is 0 Å². The van der Waals surface area contributed by atoms with Gasteiger partial charge in [0.2, 0.25) is 5.91 Å². The van der Waals surface area contributed by atoms with Gasteiger partial charge in [-0.05, 0) is 86.1 Å². The van der Waals surface area contributed by atoms with Crippen LogP contribution in [0.5, 0.6) is 5.75 Å². The van der Waals surface area contributed by atoms with Crippen molar-refractivity contribution < 1.29 is 29.7 Å². The first-order valence-electron chi connectivity index (χ1n) is 18.5. The third kappa shape index (κ3) is 7.92. The molecule has 4 fully saturated rings. The summed E-state index contributed by atoms with van der Waals surface area (Å²) in [7, 11) is 5.76. The second-order valence-corrected chi connectivity index (χ2v) is 16.4. The van der Waals surface area contributed by atoms with E-state index in [1.807, 2.05) is 42.5 Å². The fourth-order valence-electron chi connectivity index (χ4n) is 9.07. The zero-order valence-electron chi connectivity index (χ0n) is 31.6. The summed E-state index contributed by atoms with van der Waals surface area (Å²) < 4.78 is 6.01. The van der Waals surface area contributed by atoms with E-state index in [2.05, 4.69) is 64.2 Å². The van der Waals surface area contributed by atoms with Crippen molar-refractivity contribution in [1.29, 1.82) is 0 Å². The van der Waals surface area contributed by atoms with Crippen LogP contribution in [0.1, 0.15) is 71.7 Å². The molecule has 2 bridgehead atoms. The third-order valence-electron chi connectivity index (χ3n) is 12.3. The highest BCUT2D eigenvalue weighted by Gasteiger charge is 2.57. The van der Waals surface area contributed by atoms with Crippen molar-refractivity contribution in [2.45, 2.75) is 91.4 Å². The van der Waals surface area contributed by atoms with Crippen molar-refractivity contribution in [2.75, 3.05) is 40.9 Å². The molecule has 10 nitrogen and oxygen atoms in total. The summed E-state index contributed by atoms with van der Waals surface area (Å²) in [4.78, 5) is 22.6. The Bertz CT molecular complexity index is 1450. The van der Waals surface area contributed by atoms with E-state index < -0.39 is 30.4 Å². The van der Waals surface area contributed by atoms with E-state index in [9.17, 15) is 20.1 Å². The molecule has 2 aromatic rings. The number of rotatable bonds is 15. The second kappa shape index (κ2) is 16.0. The lowest BCUT2D eigenvalue weighted by atomic mass is 9.45. The molecule has 2 aromatic carbocycles. The van der Waals surface area contributed by atoms with Gasteiger partial charge in [0, 0.05) is 36.2 Å². The number of ether oxygens (including phenoxy) is 1. The normalized spacial score (nSPS) is 29.4. The van der Waals surface area contributed by atoms with E-state index in [0.29, 0.717) is 47.3 Å². The Morgan fingerprint density at radius 3 is 2.44 bits per heavy atom. The molecule has 0 radical (unpaired) electrons. The number of hydrogen-bond donors (Lipinski definition) is 5. The van der Waals surface area contributed by atoms with Crippen LogP contribution in [0.15, 0.2) is 42.5 Å². The molecule has 5 N–H and O–H groups in total. The topological polar surface area (TPSA) is 127 Å². The van der Waals surface area contributed by atoms with Gasteiger partial charge in [-0.25, -0.2) is 0 Å². The Hall–Kier alpha value is -2.57. The zero-order valence-corrected chi connectivity index (χ0v) is 31.6. The lowest BCUT2D eigenvalue weighted by Gasteiger charge is -2.62. The van der Waals surface area contributed by atoms with Gasteiger partial charge < -0.3 is 30.3 Å². The second-order valence-electron chi connectivity index (χ2n) is 16.4. The molecule has 1 saturated heterocycles. The standard InChI is InChI=1S/C40H62N4O6/c1-23(2)29(20-43(7)8)19-41-38(47)27-13-10-12-26(16-27)31-15-11-14-28(37(31)49-9)21-44-36(35(25(4)46)34(22-45)50-44)39(48)42-33-18-30-17-32(24(33)3)40(30,5)6/h10-16,23-25,29-30,32-36,38,41,45-47H,17-22H2,1-9H3,(H,42,48)/t24-,25-,29?,30+,32-,33-,34-,35+,36-,38?/m0/s1. The molecule has 0 aromatic heterocycles. The Balaban J connectivity index is 1.36. The van der Waals surface area contributed by atoms with Crippen molar-refractivity contribution in [3.05, 3.63) is 53.6 Å². The van der Waals surface area contributed by atoms with Crippen molar-refractivity contribution in [3.63, 3.8) is 0 Å². The summed E-state index contributed by atoms with van der Waals surface area (Å²) >= 11 is 0. The molecule has 3 saturated carbocycles. The van der Waals surface area contributed by atoms with Crippen LogP contribution in [0.3, 0.4) is 0 Å². The number of amides is 1. The third-order valence-corrected chi connectivity index (χ3v) is 12.3. The minimum absolute atomic E-state index is 0.0585. The van der Waals surface area contributed by atoms with Gasteiger partial charge in [-0.15, -0.1) is 0 Å². The highest BCUT2D eigenvalue weighted by molar-refractivity contribution is 5.83. The van der Waals surface area contributed by atoms with Crippen LogP contribution in [0.2, 0.25) is 0 Å². The van der Waals surface area contributed by atoms with E-state index in [1.54, 1.807) is 19.1 Å². The molecule has 0 spiro atoms. The average Bonchev–Trinajstić information content (AvgIpc) is 3.45. The molecule has 6 rings (SSSR count). The summed E-state index contributed by atoms with van der Waals surface area (Å²) in [6.45, 7) is 14.5. The van der Waals surface area contributed by atoms with E-state index >= 15 is 0 Å². The Morgan fingerprint density at radius 2 is 1.84 bits per heavy atom. The van der Waals surface area contributed by atoms with Crippen molar-refractivity contribution in [3.8, 4) is 16.9 Å². The molecular formula is C40H62N4O6.